The zero-order valence-electron chi connectivity index (χ0n) is 46.5. The summed E-state index contributed by atoms with van der Waals surface area (Å²) in [7, 11) is -6.93. The molecule has 4 N–H and O–H groups in total. The molecule has 3 aliphatic rings. The van der Waals surface area contributed by atoms with Gasteiger partial charge in [0.2, 0.25) is 0 Å². The summed E-state index contributed by atoms with van der Waals surface area (Å²) in [5.41, 5.74) is 11.2. The molecule has 1 aliphatic heterocycles. The largest absolute Gasteiger partial charge is 0.756 e. The smallest absolute Gasteiger partial charge is 0.267 e. The maximum absolute atomic E-state index is 12.3. The first-order valence-corrected chi connectivity index (χ1v) is 32.6. The van der Waals surface area contributed by atoms with E-state index in [1.807, 2.05) is 7.05 Å². The van der Waals surface area contributed by atoms with Gasteiger partial charge in [0, 0.05) is 38.5 Å². The predicted molar refractivity (Wildman–Crippen MR) is 297 cm³/mol. The van der Waals surface area contributed by atoms with Crippen LogP contribution < -0.4 is 21.3 Å². The molecule has 0 bridgehead atoms. The van der Waals surface area contributed by atoms with Crippen molar-refractivity contribution < 1.29 is 46.5 Å². The molecule has 0 aromatic rings. The lowest BCUT2D eigenvalue weighted by molar-refractivity contribution is -0.226. The minimum absolute atomic E-state index is 0.00104. The molecule has 73 heavy (non-hydrogen) atoms. The van der Waals surface area contributed by atoms with Crippen LogP contribution in [0.5, 0.6) is 0 Å². The van der Waals surface area contributed by atoms with Crippen molar-refractivity contribution in [2.24, 2.45) is 22.8 Å². The summed E-state index contributed by atoms with van der Waals surface area (Å²) < 4.78 is 58.5. The van der Waals surface area contributed by atoms with Gasteiger partial charge in [0.1, 0.15) is 0 Å². The van der Waals surface area contributed by atoms with Crippen LogP contribution in [0.1, 0.15) is 232 Å². The van der Waals surface area contributed by atoms with E-state index in [1.165, 1.54) is 154 Å². The molecule has 0 radical (unpaired) electrons. The third-order valence-electron chi connectivity index (χ3n) is 15.6. The van der Waals surface area contributed by atoms with Gasteiger partial charge in [-0.05, 0) is 134 Å². The summed E-state index contributed by atoms with van der Waals surface area (Å²) in [6, 6.07) is 0.0300. The Balaban J connectivity index is 1.54. The van der Waals surface area contributed by atoms with Crippen LogP contribution in [0.4, 0.5) is 0 Å². The Bertz CT molecular complexity index is 1540. The monoisotopic (exact) mass is 1070 g/mol. The van der Waals surface area contributed by atoms with Crippen molar-refractivity contribution in [1.29, 1.82) is 0 Å². The van der Waals surface area contributed by atoms with Gasteiger partial charge in [-0.25, -0.2) is 0 Å². The fraction of sp³-hybridized carbons (Fsp3) is 0.862. The number of unbranched alkanes of at least 4 members (excludes halogenated alkanes) is 18. The van der Waals surface area contributed by atoms with Gasteiger partial charge < -0.3 is 53.7 Å². The van der Waals surface area contributed by atoms with Gasteiger partial charge in [0.15, 0.2) is 5.79 Å². The van der Waals surface area contributed by atoms with Crippen molar-refractivity contribution in [3.8, 4) is 0 Å². The molecule has 1 spiro atoms. The number of hydrogen-bond donors (Lipinski definition) is 2. The summed E-state index contributed by atoms with van der Waals surface area (Å²) in [5, 5.41) is 0. The van der Waals surface area contributed by atoms with Crippen LogP contribution in [0.25, 0.3) is 0 Å². The van der Waals surface area contributed by atoms with Gasteiger partial charge >= 0.3 is 0 Å². The second kappa shape index (κ2) is 40.2. The topological polar surface area (TPSA) is 191 Å². The highest BCUT2D eigenvalue weighted by Gasteiger charge is 2.54. The number of phosphoric acid groups is 2. The lowest BCUT2D eigenvalue weighted by Gasteiger charge is -2.44. The van der Waals surface area contributed by atoms with E-state index in [1.54, 1.807) is 0 Å². The second-order valence-corrected chi connectivity index (χ2v) is 24.4. The average Bonchev–Trinajstić information content (AvgIpc) is 3.73. The third kappa shape index (κ3) is 30.1. The molecule has 426 valence electrons. The van der Waals surface area contributed by atoms with E-state index in [4.69, 9.17) is 39.0 Å². The van der Waals surface area contributed by atoms with E-state index in [0.717, 1.165) is 51.4 Å². The Kier molecular flexibility index (Phi) is 36.5. The zero-order valence-corrected chi connectivity index (χ0v) is 48.3. The van der Waals surface area contributed by atoms with Crippen LogP contribution in [0.2, 0.25) is 0 Å². The van der Waals surface area contributed by atoms with E-state index in [2.05, 4.69) is 67.4 Å². The van der Waals surface area contributed by atoms with Crippen molar-refractivity contribution in [3.05, 3.63) is 48.6 Å². The van der Waals surface area contributed by atoms with Crippen LogP contribution in [-0.2, 0) is 36.7 Å². The zero-order chi connectivity index (χ0) is 52.8. The van der Waals surface area contributed by atoms with E-state index in [9.17, 15) is 18.9 Å². The van der Waals surface area contributed by atoms with Crippen molar-refractivity contribution in [3.63, 3.8) is 0 Å². The quantitative estimate of drug-likeness (QED) is 0.0333. The number of allylic oxidation sites excluding steroid dienone is 8. The number of likely N-dealkylation sites (N-methyl/N-ethyl adjacent to an activating group) is 1. The van der Waals surface area contributed by atoms with Crippen molar-refractivity contribution in [2.45, 2.75) is 256 Å². The lowest BCUT2D eigenvalue weighted by atomic mass is 9.66. The first-order valence-electron chi connectivity index (χ1n) is 29.7. The molecule has 0 aromatic carbocycles. The molecule has 1 heterocycles. The first-order chi connectivity index (χ1) is 35.4. The highest BCUT2D eigenvalue weighted by Crippen LogP contribution is 2.54. The molecule has 15 heteroatoms. The average molecular weight is 1070 g/mol. The molecule has 1 saturated heterocycles. The fourth-order valence-electron chi connectivity index (χ4n) is 11.3. The maximum Gasteiger partial charge on any atom is 0.267 e. The molecule has 0 aromatic heterocycles. The van der Waals surface area contributed by atoms with Crippen LogP contribution in [0, 0.1) is 11.3 Å². The first kappa shape index (κ1) is 66.3. The number of nitrogens with two attached hydrogens (primary N) is 2. The number of rotatable bonds is 46. The summed E-state index contributed by atoms with van der Waals surface area (Å²) >= 11 is 0. The molecule has 3 rings (SSSR count). The Labute approximate surface area is 446 Å². The minimum atomic E-state index is -4.47. The van der Waals surface area contributed by atoms with Gasteiger partial charge in [-0.2, -0.15) is 0 Å². The van der Waals surface area contributed by atoms with Crippen LogP contribution in [-0.4, -0.2) is 82.0 Å². The summed E-state index contributed by atoms with van der Waals surface area (Å²) in [6.07, 6.45) is 58.3. The Morgan fingerprint density at radius 2 is 0.945 bits per heavy atom. The molecule has 2 saturated carbocycles. The molecule has 2 aliphatic carbocycles. The second-order valence-electron chi connectivity index (χ2n) is 21.6. The van der Waals surface area contributed by atoms with Crippen molar-refractivity contribution in [1.82, 2.24) is 4.90 Å². The van der Waals surface area contributed by atoms with E-state index in [-0.39, 0.29) is 63.7 Å². The number of nitrogens with zero attached hydrogens (tertiary/aromatic N) is 1. The van der Waals surface area contributed by atoms with Gasteiger partial charge in [-0.1, -0.05) is 152 Å². The molecule has 6 atom stereocenters. The molecule has 3 unspecified atom stereocenters. The molecule has 0 amide bonds. The summed E-state index contributed by atoms with van der Waals surface area (Å²) in [6.45, 7) is 4.71. The van der Waals surface area contributed by atoms with E-state index >= 15 is 0 Å². The standard InChI is InChI=1S/C58H109N3O10P2/c1-4-6-8-10-12-14-16-18-20-22-24-26-28-30-32-34-38-57(39-35-33-31-29-27-25-23-21-19-17-15-13-11-9-7-5-2)40-42-58(43-41-57)70-55-51-53(37-36-47-66-72(62,63)67-48-44-59)54(52-56(55)71-58)61(3)46-50-69-73(64,65)68-49-45-60/h12-15,18-21,53-56H,4-11,16-17,22-52,59-60H2,1-3H3,(H,62,63)(H,64,65)/p-2/b14-12-,15-13-,20-18-,21-19-/t53-,54?,55-,56-/m0/s1. The number of ether oxygens (including phenoxy) is 2. The number of phosphoric ester groups is 2. The van der Waals surface area contributed by atoms with Crippen molar-refractivity contribution >= 4 is 15.6 Å². The van der Waals surface area contributed by atoms with Gasteiger partial charge in [-0.3, -0.25) is 9.13 Å². The minimum Gasteiger partial charge on any atom is -0.756 e. The van der Waals surface area contributed by atoms with Crippen molar-refractivity contribution in [2.75, 3.05) is 53.1 Å². The highest BCUT2D eigenvalue weighted by atomic mass is 31.2. The van der Waals surface area contributed by atoms with Crippen LogP contribution in [0.3, 0.4) is 0 Å². The number of fused-ring (bicyclic) bond motifs is 1. The molecule has 3 fully saturated rings. The normalized spacial score (nSPS) is 22.7. The molecular weight excluding hydrogens is 961 g/mol. The third-order valence-corrected chi connectivity index (χ3v) is 17.5. The molecular formula is C58H107N3O10P2-2. The highest BCUT2D eigenvalue weighted by molar-refractivity contribution is 7.46. The summed E-state index contributed by atoms with van der Waals surface area (Å²) in [4.78, 5) is 26.6. The number of hydrogen-bond acceptors (Lipinski definition) is 13. The SMILES string of the molecule is CCCCC/C=C\C/C=C\CCCCCCCCC1(CCCCCCCC/C=C\C/C=C\CCCCC)CCC2(CC1)O[C@H]1CC(N(C)CCOP(=O)([O-])OCCN)[C@@H](CCCOP(=O)([O-])OCCN)C[C@@H]1O2. The Morgan fingerprint density at radius 1 is 0.534 bits per heavy atom. The van der Waals surface area contributed by atoms with Gasteiger partial charge in [-0.15, -0.1) is 0 Å². The molecule has 13 nitrogen and oxygen atoms in total. The predicted octanol–water partition coefficient (Wildman–Crippen LogP) is 13.8. The Morgan fingerprint density at radius 3 is 1.41 bits per heavy atom. The lowest BCUT2D eigenvalue weighted by Crippen LogP contribution is -2.49. The van der Waals surface area contributed by atoms with Crippen LogP contribution >= 0.6 is 15.6 Å². The maximum atomic E-state index is 12.3. The van der Waals surface area contributed by atoms with Gasteiger partial charge in [0.05, 0.1) is 38.6 Å². The van der Waals surface area contributed by atoms with E-state index < -0.39 is 21.4 Å². The Hall–Kier alpha value is -1.02. The fourth-order valence-corrected chi connectivity index (χ4v) is 12.7. The van der Waals surface area contributed by atoms with Gasteiger partial charge in [0.25, 0.3) is 15.6 Å². The summed E-state index contributed by atoms with van der Waals surface area (Å²) in [5.74, 6) is -0.459. The van der Waals surface area contributed by atoms with E-state index in [0.29, 0.717) is 24.8 Å². The van der Waals surface area contributed by atoms with Crippen LogP contribution in [0.15, 0.2) is 48.6 Å².